The van der Waals surface area contributed by atoms with Crippen LogP contribution >= 0.6 is 11.6 Å². The zero-order valence-corrected chi connectivity index (χ0v) is 10.1. The first-order chi connectivity index (χ1) is 8.16. The number of aromatic hydroxyl groups is 1. The summed E-state index contributed by atoms with van der Waals surface area (Å²) in [6, 6.07) is 5.28. The maximum Gasteiger partial charge on any atom is 0.164 e. The first-order valence-electron chi connectivity index (χ1n) is 5.18. The van der Waals surface area contributed by atoms with E-state index in [4.69, 9.17) is 11.6 Å². The Balaban J connectivity index is 1.92. The van der Waals surface area contributed by atoms with Gasteiger partial charge in [0, 0.05) is 19.2 Å². The van der Waals surface area contributed by atoms with Crippen molar-refractivity contribution in [3.05, 3.63) is 40.9 Å². The number of rotatable bonds is 4. The van der Waals surface area contributed by atoms with E-state index in [9.17, 15) is 5.11 Å². The van der Waals surface area contributed by atoms with E-state index < -0.39 is 0 Å². The van der Waals surface area contributed by atoms with E-state index in [0.717, 1.165) is 5.56 Å². The lowest BCUT2D eigenvalue weighted by atomic mass is 10.2. The van der Waals surface area contributed by atoms with Crippen molar-refractivity contribution >= 4 is 11.6 Å². The van der Waals surface area contributed by atoms with Crippen molar-refractivity contribution in [2.45, 2.75) is 13.1 Å². The number of halogens is 1. The van der Waals surface area contributed by atoms with E-state index in [0.29, 0.717) is 23.9 Å². The fraction of sp³-hybridized carbons (Fsp3) is 0.273. The number of benzene rings is 1. The summed E-state index contributed by atoms with van der Waals surface area (Å²) in [4.78, 5) is 4.09. The first kappa shape index (κ1) is 11.9. The number of aromatic nitrogens is 3. The number of hydrogen-bond donors (Lipinski definition) is 2. The second kappa shape index (κ2) is 5.16. The lowest BCUT2D eigenvalue weighted by molar-refractivity contribution is 0.464. The largest absolute Gasteiger partial charge is 0.506 e. The quantitative estimate of drug-likeness (QED) is 0.865. The van der Waals surface area contributed by atoms with Crippen LogP contribution in [0.25, 0.3) is 0 Å². The molecule has 0 saturated carbocycles. The Hall–Kier alpha value is -1.59. The van der Waals surface area contributed by atoms with Gasteiger partial charge in [-0.15, -0.1) is 0 Å². The summed E-state index contributed by atoms with van der Waals surface area (Å²) in [5.74, 6) is 0.838. The summed E-state index contributed by atoms with van der Waals surface area (Å²) < 4.78 is 1.65. The minimum absolute atomic E-state index is 0.121. The number of hydrogen-bond acceptors (Lipinski definition) is 4. The van der Waals surface area contributed by atoms with Crippen LogP contribution in [0.2, 0.25) is 5.02 Å². The van der Waals surface area contributed by atoms with E-state index in [-0.39, 0.29) is 5.75 Å². The number of aryl methyl sites for hydroxylation is 1. The van der Waals surface area contributed by atoms with E-state index in [1.165, 1.54) is 0 Å². The van der Waals surface area contributed by atoms with Crippen LogP contribution in [0.1, 0.15) is 11.4 Å². The molecule has 2 aromatic rings. The van der Waals surface area contributed by atoms with Gasteiger partial charge in [0.1, 0.15) is 12.1 Å². The first-order valence-corrected chi connectivity index (χ1v) is 5.56. The molecule has 17 heavy (non-hydrogen) atoms. The molecule has 0 amide bonds. The van der Waals surface area contributed by atoms with E-state index in [1.54, 1.807) is 23.1 Å². The standard InChI is InChI=1S/C11H13ClN4O/c1-16-7-14-10(15-16)6-13-5-8-3-2-4-9(12)11(8)17/h2-4,7,13,17H,5-6H2,1H3. The highest BCUT2D eigenvalue weighted by atomic mass is 35.5. The van der Waals surface area contributed by atoms with Crippen molar-refractivity contribution in [2.75, 3.05) is 0 Å². The highest BCUT2D eigenvalue weighted by Gasteiger charge is 2.05. The van der Waals surface area contributed by atoms with E-state index >= 15 is 0 Å². The molecule has 0 radical (unpaired) electrons. The molecule has 0 unspecified atom stereocenters. The molecule has 90 valence electrons. The molecular formula is C11H13ClN4O. The SMILES string of the molecule is Cn1cnc(CNCc2cccc(Cl)c2O)n1. The Labute approximate surface area is 104 Å². The second-order valence-corrected chi connectivity index (χ2v) is 4.09. The normalized spacial score (nSPS) is 10.7. The molecule has 0 aliphatic carbocycles. The summed E-state index contributed by atoms with van der Waals surface area (Å²) in [5.41, 5.74) is 0.758. The Morgan fingerprint density at radius 3 is 2.94 bits per heavy atom. The topological polar surface area (TPSA) is 63.0 Å². The average molecular weight is 253 g/mol. The summed E-state index contributed by atoms with van der Waals surface area (Å²) in [6.07, 6.45) is 1.65. The molecule has 0 saturated heterocycles. The molecule has 0 fully saturated rings. The molecule has 1 aromatic carbocycles. The third kappa shape index (κ3) is 2.95. The molecule has 1 heterocycles. The number of phenolic OH excluding ortho intramolecular Hbond substituents is 1. The van der Waals surface area contributed by atoms with Crippen molar-refractivity contribution in [1.82, 2.24) is 20.1 Å². The Kier molecular flexibility index (Phi) is 3.61. The zero-order valence-electron chi connectivity index (χ0n) is 9.39. The van der Waals surface area contributed by atoms with Gasteiger partial charge in [-0.05, 0) is 6.07 Å². The van der Waals surface area contributed by atoms with Crippen LogP contribution in [0.15, 0.2) is 24.5 Å². The Morgan fingerprint density at radius 1 is 1.41 bits per heavy atom. The molecular weight excluding hydrogens is 240 g/mol. The molecule has 0 bridgehead atoms. The lowest BCUT2D eigenvalue weighted by Gasteiger charge is -2.06. The summed E-state index contributed by atoms with van der Waals surface area (Å²) >= 11 is 5.81. The molecule has 0 aliphatic heterocycles. The van der Waals surface area contributed by atoms with Crippen LogP contribution in [0.3, 0.4) is 0 Å². The van der Waals surface area contributed by atoms with Gasteiger partial charge >= 0.3 is 0 Å². The van der Waals surface area contributed by atoms with Crippen LogP contribution < -0.4 is 5.32 Å². The maximum absolute atomic E-state index is 9.69. The van der Waals surface area contributed by atoms with Crippen molar-refractivity contribution in [1.29, 1.82) is 0 Å². The van der Waals surface area contributed by atoms with Gasteiger partial charge in [-0.2, -0.15) is 5.10 Å². The van der Waals surface area contributed by atoms with Gasteiger partial charge in [0.15, 0.2) is 5.82 Å². The van der Waals surface area contributed by atoms with Gasteiger partial charge in [0.2, 0.25) is 0 Å². The van der Waals surface area contributed by atoms with Crippen LogP contribution in [0.5, 0.6) is 5.75 Å². The summed E-state index contributed by atoms with van der Waals surface area (Å²) in [7, 11) is 1.82. The Bertz CT molecular complexity index is 512. The summed E-state index contributed by atoms with van der Waals surface area (Å²) in [6.45, 7) is 1.07. The highest BCUT2D eigenvalue weighted by molar-refractivity contribution is 6.32. The molecule has 6 heteroatoms. The predicted octanol–water partition coefficient (Wildman–Crippen LogP) is 1.46. The smallest absolute Gasteiger partial charge is 0.164 e. The zero-order chi connectivity index (χ0) is 12.3. The van der Waals surface area contributed by atoms with Gasteiger partial charge in [0.25, 0.3) is 0 Å². The number of nitrogens with zero attached hydrogens (tertiary/aromatic N) is 3. The van der Waals surface area contributed by atoms with Crippen molar-refractivity contribution in [2.24, 2.45) is 7.05 Å². The lowest BCUT2D eigenvalue weighted by Crippen LogP contribution is -2.14. The predicted molar refractivity (Wildman–Crippen MR) is 64.7 cm³/mol. The highest BCUT2D eigenvalue weighted by Crippen LogP contribution is 2.26. The minimum atomic E-state index is 0.121. The number of nitrogens with one attached hydrogen (secondary N) is 1. The van der Waals surface area contributed by atoms with Crippen molar-refractivity contribution in [3.63, 3.8) is 0 Å². The molecule has 5 nitrogen and oxygen atoms in total. The van der Waals surface area contributed by atoms with Crippen molar-refractivity contribution < 1.29 is 5.11 Å². The molecule has 0 atom stereocenters. The van der Waals surface area contributed by atoms with Gasteiger partial charge < -0.3 is 10.4 Å². The molecule has 0 spiro atoms. The molecule has 2 rings (SSSR count). The third-order valence-corrected chi connectivity index (χ3v) is 2.62. The fourth-order valence-corrected chi connectivity index (χ4v) is 1.67. The van der Waals surface area contributed by atoms with Gasteiger partial charge in [-0.1, -0.05) is 23.7 Å². The van der Waals surface area contributed by atoms with Gasteiger partial charge in [-0.3, -0.25) is 4.68 Å². The van der Waals surface area contributed by atoms with Crippen LogP contribution in [0, 0.1) is 0 Å². The third-order valence-electron chi connectivity index (χ3n) is 2.32. The monoisotopic (exact) mass is 252 g/mol. The number of phenols is 1. The maximum atomic E-state index is 9.69. The summed E-state index contributed by atoms with van der Waals surface area (Å²) in [5, 5.41) is 17.3. The molecule has 0 aliphatic rings. The fourth-order valence-electron chi connectivity index (χ4n) is 1.48. The minimum Gasteiger partial charge on any atom is -0.506 e. The van der Waals surface area contributed by atoms with Crippen LogP contribution in [0.4, 0.5) is 0 Å². The van der Waals surface area contributed by atoms with Crippen molar-refractivity contribution in [3.8, 4) is 5.75 Å². The number of para-hydroxylation sites is 1. The van der Waals surface area contributed by atoms with E-state index in [1.807, 2.05) is 13.1 Å². The van der Waals surface area contributed by atoms with Crippen LogP contribution in [-0.2, 0) is 20.1 Å². The van der Waals surface area contributed by atoms with Gasteiger partial charge in [0.05, 0.1) is 11.6 Å². The van der Waals surface area contributed by atoms with Gasteiger partial charge in [-0.25, -0.2) is 4.98 Å². The molecule has 2 N–H and O–H groups in total. The second-order valence-electron chi connectivity index (χ2n) is 3.69. The Morgan fingerprint density at radius 2 is 2.24 bits per heavy atom. The average Bonchev–Trinajstić information content (AvgIpc) is 2.70. The van der Waals surface area contributed by atoms with E-state index in [2.05, 4.69) is 15.4 Å². The molecule has 1 aromatic heterocycles. The van der Waals surface area contributed by atoms with Crippen LogP contribution in [-0.4, -0.2) is 19.9 Å².